The summed E-state index contributed by atoms with van der Waals surface area (Å²) >= 11 is 1.25. The van der Waals surface area contributed by atoms with Gasteiger partial charge in [0, 0.05) is 13.1 Å². The standard InChI is InChI=1S/C15H20N2O2S2/c1-12(14-6-4-3-5-7-14)9-17-21(18,19)15-8-13(10-16-2)11-20-15/h3-8,11-12,16-17H,9-10H2,1-2H3. The average molecular weight is 324 g/mol. The quantitative estimate of drug-likeness (QED) is 0.823. The minimum Gasteiger partial charge on any atom is -0.316 e. The molecule has 0 aliphatic carbocycles. The Morgan fingerprint density at radius 1 is 1.24 bits per heavy atom. The third-order valence-corrected chi connectivity index (χ3v) is 6.14. The van der Waals surface area contributed by atoms with Gasteiger partial charge in [-0.1, -0.05) is 37.3 Å². The molecule has 114 valence electrons. The van der Waals surface area contributed by atoms with Crippen LogP contribution in [0.25, 0.3) is 0 Å². The highest BCUT2D eigenvalue weighted by molar-refractivity contribution is 7.91. The van der Waals surface area contributed by atoms with Gasteiger partial charge in [0.15, 0.2) is 0 Å². The third-order valence-electron chi connectivity index (χ3n) is 3.22. The lowest BCUT2D eigenvalue weighted by molar-refractivity contribution is 0.577. The Hall–Kier alpha value is -1.21. The van der Waals surface area contributed by atoms with Crippen LogP contribution in [0.1, 0.15) is 24.0 Å². The van der Waals surface area contributed by atoms with E-state index >= 15 is 0 Å². The molecule has 0 radical (unpaired) electrons. The minimum atomic E-state index is -3.42. The first kappa shape index (κ1) is 16.2. The molecular weight excluding hydrogens is 304 g/mol. The summed E-state index contributed by atoms with van der Waals surface area (Å²) < 4.78 is 27.6. The molecule has 2 aromatic rings. The van der Waals surface area contributed by atoms with Crippen molar-refractivity contribution in [2.75, 3.05) is 13.6 Å². The zero-order chi connectivity index (χ0) is 15.3. The van der Waals surface area contributed by atoms with E-state index in [1.54, 1.807) is 6.07 Å². The number of benzene rings is 1. The molecule has 0 aliphatic rings. The van der Waals surface area contributed by atoms with Crippen LogP contribution < -0.4 is 10.0 Å². The number of nitrogens with one attached hydrogen (secondary N) is 2. The molecule has 21 heavy (non-hydrogen) atoms. The predicted molar refractivity (Wildman–Crippen MR) is 87.1 cm³/mol. The maximum absolute atomic E-state index is 12.3. The van der Waals surface area contributed by atoms with Crippen LogP contribution in [-0.2, 0) is 16.6 Å². The van der Waals surface area contributed by atoms with Crippen molar-refractivity contribution in [1.82, 2.24) is 10.0 Å². The van der Waals surface area contributed by atoms with Crippen LogP contribution in [0.2, 0.25) is 0 Å². The van der Waals surface area contributed by atoms with Crippen LogP contribution in [0.4, 0.5) is 0 Å². The van der Waals surface area contributed by atoms with E-state index in [0.29, 0.717) is 17.3 Å². The van der Waals surface area contributed by atoms with E-state index in [2.05, 4.69) is 10.0 Å². The number of sulfonamides is 1. The summed E-state index contributed by atoms with van der Waals surface area (Å²) in [6.07, 6.45) is 0. The number of thiophene rings is 1. The van der Waals surface area contributed by atoms with Gasteiger partial charge in [0.25, 0.3) is 0 Å². The fourth-order valence-electron chi connectivity index (χ4n) is 2.00. The molecule has 1 atom stereocenters. The van der Waals surface area contributed by atoms with Crippen molar-refractivity contribution in [1.29, 1.82) is 0 Å². The Morgan fingerprint density at radius 3 is 2.62 bits per heavy atom. The van der Waals surface area contributed by atoms with Gasteiger partial charge in [-0.15, -0.1) is 11.3 Å². The zero-order valence-electron chi connectivity index (χ0n) is 12.2. The topological polar surface area (TPSA) is 58.2 Å². The summed E-state index contributed by atoms with van der Waals surface area (Å²) in [5, 5.41) is 4.88. The summed E-state index contributed by atoms with van der Waals surface area (Å²) in [5.74, 6) is 0.137. The Labute approximate surface area is 130 Å². The molecule has 0 amide bonds. The lowest BCUT2D eigenvalue weighted by atomic mass is 10.0. The van der Waals surface area contributed by atoms with E-state index in [-0.39, 0.29) is 5.92 Å². The van der Waals surface area contributed by atoms with Crippen molar-refractivity contribution in [3.8, 4) is 0 Å². The Kier molecular flexibility index (Phi) is 5.52. The number of hydrogen-bond donors (Lipinski definition) is 2. The smallest absolute Gasteiger partial charge is 0.250 e. The Balaban J connectivity index is 2.00. The maximum Gasteiger partial charge on any atom is 0.250 e. The van der Waals surface area contributed by atoms with Gasteiger partial charge in [-0.3, -0.25) is 0 Å². The molecule has 4 nitrogen and oxygen atoms in total. The zero-order valence-corrected chi connectivity index (χ0v) is 13.8. The highest BCUT2D eigenvalue weighted by Crippen LogP contribution is 2.21. The van der Waals surface area contributed by atoms with Crippen molar-refractivity contribution < 1.29 is 8.42 Å². The van der Waals surface area contributed by atoms with Gasteiger partial charge in [0.2, 0.25) is 10.0 Å². The van der Waals surface area contributed by atoms with Crippen LogP contribution in [0, 0.1) is 0 Å². The minimum absolute atomic E-state index is 0.137. The normalized spacial score (nSPS) is 13.2. The van der Waals surface area contributed by atoms with Crippen molar-refractivity contribution in [3.63, 3.8) is 0 Å². The molecule has 0 aliphatic heterocycles. The molecule has 6 heteroatoms. The van der Waals surface area contributed by atoms with Gasteiger partial charge in [-0.05, 0) is 35.5 Å². The predicted octanol–water partition coefficient (Wildman–Crippen LogP) is 2.55. The fraction of sp³-hybridized carbons (Fsp3) is 0.333. The van der Waals surface area contributed by atoms with Crippen molar-refractivity contribution in [3.05, 3.63) is 52.9 Å². The maximum atomic E-state index is 12.3. The van der Waals surface area contributed by atoms with Crippen LogP contribution in [0.15, 0.2) is 46.0 Å². The lowest BCUT2D eigenvalue weighted by Gasteiger charge is -2.12. The van der Waals surface area contributed by atoms with E-state index in [1.165, 1.54) is 11.3 Å². The molecule has 0 saturated heterocycles. The first-order valence-electron chi connectivity index (χ1n) is 6.79. The first-order valence-corrected chi connectivity index (χ1v) is 9.16. The monoisotopic (exact) mass is 324 g/mol. The Bertz CT molecular complexity index is 666. The fourth-order valence-corrected chi connectivity index (χ4v) is 4.38. The van der Waals surface area contributed by atoms with E-state index in [9.17, 15) is 8.42 Å². The van der Waals surface area contributed by atoms with E-state index < -0.39 is 10.0 Å². The summed E-state index contributed by atoms with van der Waals surface area (Å²) in [6, 6.07) is 11.6. The highest BCUT2D eigenvalue weighted by Gasteiger charge is 2.18. The van der Waals surface area contributed by atoms with Crippen LogP contribution >= 0.6 is 11.3 Å². The van der Waals surface area contributed by atoms with Crippen molar-refractivity contribution in [2.24, 2.45) is 0 Å². The van der Waals surface area contributed by atoms with E-state index in [0.717, 1.165) is 11.1 Å². The summed E-state index contributed by atoms with van der Waals surface area (Å²) in [6.45, 7) is 3.08. The molecule has 1 aromatic carbocycles. The van der Waals surface area contributed by atoms with E-state index in [4.69, 9.17) is 0 Å². The SMILES string of the molecule is CNCc1csc(S(=O)(=O)NCC(C)c2ccccc2)c1. The molecule has 1 heterocycles. The summed E-state index contributed by atoms with van der Waals surface area (Å²) in [5.41, 5.74) is 2.11. The molecule has 0 saturated carbocycles. The van der Waals surface area contributed by atoms with Crippen molar-refractivity contribution in [2.45, 2.75) is 23.6 Å². The highest BCUT2D eigenvalue weighted by atomic mass is 32.2. The van der Waals surface area contributed by atoms with Crippen LogP contribution in [-0.4, -0.2) is 22.0 Å². The molecular formula is C15H20N2O2S2. The second-order valence-electron chi connectivity index (χ2n) is 4.97. The van der Waals surface area contributed by atoms with Gasteiger partial charge in [-0.25, -0.2) is 13.1 Å². The van der Waals surface area contributed by atoms with Crippen molar-refractivity contribution >= 4 is 21.4 Å². The Morgan fingerprint density at radius 2 is 1.95 bits per heavy atom. The van der Waals surface area contributed by atoms with Gasteiger partial charge in [0.05, 0.1) is 0 Å². The summed E-state index contributed by atoms with van der Waals surface area (Å²) in [7, 11) is -1.58. The van der Waals surface area contributed by atoms with Gasteiger partial charge < -0.3 is 5.32 Å². The van der Waals surface area contributed by atoms with Crippen LogP contribution in [0.5, 0.6) is 0 Å². The van der Waals surface area contributed by atoms with Gasteiger partial charge in [0.1, 0.15) is 4.21 Å². The first-order chi connectivity index (χ1) is 10.0. The number of rotatable bonds is 7. The number of hydrogen-bond acceptors (Lipinski definition) is 4. The largest absolute Gasteiger partial charge is 0.316 e. The van der Waals surface area contributed by atoms with Crippen LogP contribution in [0.3, 0.4) is 0 Å². The summed E-state index contributed by atoms with van der Waals surface area (Å²) in [4.78, 5) is 0. The molecule has 1 aromatic heterocycles. The molecule has 2 rings (SSSR count). The van der Waals surface area contributed by atoms with Gasteiger partial charge in [-0.2, -0.15) is 0 Å². The third kappa shape index (κ3) is 4.38. The molecule has 0 bridgehead atoms. The molecule has 0 spiro atoms. The molecule has 2 N–H and O–H groups in total. The second-order valence-corrected chi connectivity index (χ2v) is 7.87. The van der Waals surface area contributed by atoms with E-state index in [1.807, 2.05) is 49.7 Å². The lowest BCUT2D eigenvalue weighted by Crippen LogP contribution is -2.27. The molecule has 1 unspecified atom stereocenters. The van der Waals surface area contributed by atoms with Gasteiger partial charge >= 0.3 is 0 Å². The molecule has 0 fully saturated rings. The average Bonchev–Trinajstić information content (AvgIpc) is 2.96. The second kappa shape index (κ2) is 7.17.